The number of thiophene rings is 2. The summed E-state index contributed by atoms with van der Waals surface area (Å²) in [6.45, 7) is 2.86. The van der Waals surface area contributed by atoms with Gasteiger partial charge in [0.05, 0.1) is 6.61 Å². The number of amides is 1. The van der Waals surface area contributed by atoms with Crippen LogP contribution < -0.4 is 14.8 Å². The van der Waals surface area contributed by atoms with Crippen molar-refractivity contribution in [1.29, 1.82) is 0 Å². The molecule has 3 heterocycles. The van der Waals surface area contributed by atoms with Crippen molar-refractivity contribution < 1.29 is 23.8 Å². The highest BCUT2D eigenvalue weighted by Gasteiger charge is 2.27. The lowest BCUT2D eigenvalue weighted by molar-refractivity contribution is 0.0529. The highest BCUT2D eigenvalue weighted by Crippen LogP contribution is 2.41. The van der Waals surface area contributed by atoms with Gasteiger partial charge < -0.3 is 19.5 Å². The highest BCUT2D eigenvalue weighted by molar-refractivity contribution is 7.16. The van der Waals surface area contributed by atoms with E-state index in [4.69, 9.17) is 14.2 Å². The van der Waals surface area contributed by atoms with E-state index in [0.717, 1.165) is 11.1 Å². The number of esters is 1. The zero-order valence-electron chi connectivity index (χ0n) is 15.0. The van der Waals surface area contributed by atoms with Gasteiger partial charge in [-0.3, -0.25) is 4.79 Å². The van der Waals surface area contributed by atoms with Crippen LogP contribution in [-0.4, -0.2) is 31.7 Å². The van der Waals surface area contributed by atoms with Gasteiger partial charge in [-0.2, -0.15) is 0 Å². The van der Waals surface area contributed by atoms with Crippen LogP contribution in [0.4, 0.5) is 5.00 Å². The molecule has 0 fully saturated rings. The van der Waals surface area contributed by atoms with Gasteiger partial charge in [0.25, 0.3) is 5.91 Å². The lowest BCUT2D eigenvalue weighted by Gasteiger charge is -2.15. The SMILES string of the molecule is CCOC(=O)c1c(-c2ccccc2)csc1NC(=O)c1scc2c1OCCO2. The largest absolute Gasteiger partial charge is 0.485 e. The molecule has 8 heteroatoms. The minimum Gasteiger partial charge on any atom is -0.485 e. The van der Waals surface area contributed by atoms with Crippen LogP contribution in [0, 0.1) is 0 Å². The van der Waals surface area contributed by atoms with E-state index in [2.05, 4.69) is 5.32 Å². The molecule has 1 N–H and O–H groups in total. The quantitative estimate of drug-likeness (QED) is 0.613. The van der Waals surface area contributed by atoms with Gasteiger partial charge in [0, 0.05) is 16.3 Å². The number of carbonyl (C=O) groups excluding carboxylic acids is 2. The van der Waals surface area contributed by atoms with E-state index in [0.29, 0.717) is 40.2 Å². The second kappa shape index (κ2) is 8.04. The summed E-state index contributed by atoms with van der Waals surface area (Å²) < 4.78 is 16.3. The summed E-state index contributed by atoms with van der Waals surface area (Å²) in [5.41, 5.74) is 1.97. The van der Waals surface area contributed by atoms with Crippen LogP contribution in [0.1, 0.15) is 27.0 Å². The first-order valence-corrected chi connectivity index (χ1v) is 10.5. The number of fused-ring (bicyclic) bond motifs is 1. The van der Waals surface area contributed by atoms with E-state index in [1.54, 1.807) is 12.3 Å². The van der Waals surface area contributed by atoms with Crippen LogP contribution in [0.2, 0.25) is 0 Å². The fourth-order valence-electron chi connectivity index (χ4n) is 2.87. The fourth-order valence-corrected chi connectivity index (χ4v) is 4.64. The predicted molar refractivity (Wildman–Crippen MR) is 109 cm³/mol. The van der Waals surface area contributed by atoms with Gasteiger partial charge >= 0.3 is 5.97 Å². The maximum absolute atomic E-state index is 12.8. The first-order valence-electron chi connectivity index (χ1n) is 8.71. The number of hydrogen-bond acceptors (Lipinski definition) is 7. The number of rotatable bonds is 5. The Morgan fingerprint density at radius 1 is 1.11 bits per heavy atom. The molecule has 1 aliphatic heterocycles. The second-order valence-corrected chi connectivity index (χ2v) is 7.61. The van der Waals surface area contributed by atoms with E-state index < -0.39 is 5.97 Å². The zero-order valence-corrected chi connectivity index (χ0v) is 16.7. The van der Waals surface area contributed by atoms with Gasteiger partial charge in [0.2, 0.25) is 0 Å². The van der Waals surface area contributed by atoms with Crippen molar-refractivity contribution in [2.45, 2.75) is 6.92 Å². The van der Waals surface area contributed by atoms with Crippen LogP contribution in [0.15, 0.2) is 41.1 Å². The maximum Gasteiger partial charge on any atom is 0.341 e. The van der Waals surface area contributed by atoms with Gasteiger partial charge in [-0.1, -0.05) is 30.3 Å². The van der Waals surface area contributed by atoms with Gasteiger partial charge in [-0.05, 0) is 12.5 Å². The highest BCUT2D eigenvalue weighted by atomic mass is 32.1. The Kier molecular flexibility index (Phi) is 5.31. The maximum atomic E-state index is 12.8. The third-order valence-corrected chi connectivity index (χ3v) is 5.92. The van der Waals surface area contributed by atoms with Crippen molar-refractivity contribution in [3.05, 3.63) is 51.5 Å². The molecule has 0 saturated heterocycles. The molecule has 0 atom stereocenters. The number of hydrogen-bond donors (Lipinski definition) is 1. The van der Waals surface area contributed by atoms with Gasteiger partial charge in [0.1, 0.15) is 28.7 Å². The van der Waals surface area contributed by atoms with E-state index in [1.807, 2.05) is 35.7 Å². The first kappa shape index (κ1) is 18.5. The van der Waals surface area contributed by atoms with Crippen molar-refractivity contribution in [1.82, 2.24) is 0 Å². The summed E-state index contributed by atoms with van der Waals surface area (Å²) >= 11 is 2.53. The third kappa shape index (κ3) is 3.48. The predicted octanol–water partition coefficient (Wildman–Crippen LogP) is 4.68. The molecule has 0 bridgehead atoms. The van der Waals surface area contributed by atoms with Crippen molar-refractivity contribution in [2.24, 2.45) is 0 Å². The van der Waals surface area contributed by atoms with E-state index in [1.165, 1.54) is 22.7 Å². The Morgan fingerprint density at radius 3 is 2.68 bits per heavy atom. The van der Waals surface area contributed by atoms with Crippen LogP contribution in [0.3, 0.4) is 0 Å². The van der Waals surface area contributed by atoms with E-state index >= 15 is 0 Å². The lowest BCUT2D eigenvalue weighted by atomic mass is 10.0. The fraction of sp³-hybridized carbons (Fsp3) is 0.200. The molecular weight excluding hydrogens is 398 g/mol. The van der Waals surface area contributed by atoms with E-state index in [9.17, 15) is 9.59 Å². The van der Waals surface area contributed by atoms with Crippen LogP contribution in [-0.2, 0) is 4.74 Å². The van der Waals surface area contributed by atoms with Crippen LogP contribution >= 0.6 is 22.7 Å². The summed E-state index contributed by atoms with van der Waals surface area (Å²) in [6, 6.07) is 9.53. The first-order chi connectivity index (χ1) is 13.7. The monoisotopic (exact) mass is 415 g/mol. The summed E-state index contributed by atoms with van der Waals surface area (Å²) in [7, 11) is 0. The van der Waals surface area contributed by atoms with Gasteiger partial charge in [0.15, 0.2) is 11.5 Å². The third-order valence-electron chi connectivity index (χ3n) is 4.09. The summed E-state index contributed by atoms with van der Waals surface area (Å²) in [4.78, 5) is 25.9. The minimum atomic E-state index is -0.467. The molecule has 0 radical (unpaired) electrons. The van der Waals surface area contributed by atoms with Crippen molar-refractivity contribution in [3.63, 3.8) is 0 Å². The minimum absolute atomic E-state index is 0.250. The lowest BCUT2D eigenvalue weighted by Crippen LogP contribution is -2.18. The van der Waals surface area contributed by atoms with Crippen LogP contribution in [0.5, 0.6) is 11.5 Å². The summed E-state index contributed by atoms with van der Waals surface area (Å²) in [5.74, 6) is 0.212. The molecule has 3 aromatic rings. The number of benzene rings is 1. The average Bonchev–Trinajstić information content (AvgIpc) is 3.33. The number of nitrogens with one attached hydrogen (secondary N) is 1. The molecule has 6 nitrogen and oxygen atoms in total. The molecule has 0 unspecified atom stereocenters. The molecule has 144 valence electrons. The summed E-state index contributed by atoms with van der Waals surface area (Å²) in [6.07, 6.45) is 0. The topological polar surface area (TPSA) is 73.9 Å². The molecule has 1 aromatic carbocycles. The Labute approximate surface area is 169 Å². The molecule has 0 spiro atoms. The Balaban J connectivity index is 1.68. The molecule has 4 rings (SSSR count). The molecule has 0 aliphatic carbocycles. The molecule has 1 aliphatic rings. The Morgan fingerprint density at radius 2 is 1.89 bits per heavy atom. The smallest absolute Gasteiger partial charge is 0.341 e. The molecular formula is C20H17NO5S2. The van der Waals surface area contributed by atoms with Crippen molar-refractivity contribution >= 4 is 39.6 Å². The standard InChI is InChI=1S/C20H17NO5S2/c1-2-24-20(23)15-13(12-6-4-3-5-7-12)10-28-19(15)21-18(22)17-16-14(11-27-17)25-8-9-26-16/h3-7,10-11H,2,8-9H2,1H3,(H,21,22). The normalized spacial score (nSPS) is 12.5. The van der Waals surface area contributed by atoms with Crippen molar-refractivity contribution in [2.75, 3.05) is 25.1 Å². The van der Waals surface area contributed by atoms with E-state index in [-0.39, 0.29) is 12.5 Å². The zero-order chi connectivity index (χ0) is 19.5. The second-order valence-electron chi connectivity index (χ2n) is 5.85. The molecule has 0 saturated carbocycles. The molecule has 2 aromatic heterocycles. The van der Waals surface area contributed by atoms with Gasteiger partial charge in [-0.25, -0.2) is 4.79 Å². The molecule has 28 heavy (non-hydrogen) atoms. The number of ether oxygens (including phenoxy) is 3. The molecule has 1 amide bonds. The Bertz CT molecular complexity index is 1010. The number of carbonyl (C=O) groups is 2. The van der Waals surface area contributed by atoms with Gasteiger partial charge in [-0.15, -0.1) is 22.7 Å². The Hall–Kier alpha value is -2.84. The van der Waals surface area contributed by atoms with Crippen LogP contribution in [0.25, 0.3) is 11.1 Å². The average molecular weight is 415 g/mol. The van der Waals surface area contributed by atoms with Crippen molar-refractivity contribution in [3.8, 4) is 22.6 Å². The summed E-state index contributed by atoms with van der Waals surface area (Å²) in [5, 5.41) is 6.89. The number of anilines is 1.